The van der Waals surface area contributed by atoms with Crippen LogP contribution in [0.4, 0.5) is 0 Å². The molecular weight excluding hydrogens is 344 g/mol. The number of benzene rings is 1. The molecule has 0 spiro atoms. The standard InChI is InChI=1S/C20H18N4O3/c1-27-19(26)16-11-24(10-15-17(16)22-23-18(15)25)14-6-4-13(5-7-14)20(12-21)8-2-3-9-20/h4-7,10-11H,2-3,8-9H2,1H3,(H,23,25). The van der Waals surface area contributed by atoms with Crippen molar-refractivity contribution in [1.29, 1.82) is 5.26 Å². The molecule has 0 unspecified atom stereocenters. The number of hydrogen-bond donors (Lipinski definition) is 1. The molecule has 2 aliphatic heterocycles. The number of H-pyrrole nitrogens is 1. The summed E-state index contributed by atoms with van der Waals surface area (Å²) < 4.78 is 6.51. The minimum Gasteiger partial charge on any atom is -0.465 e. The van der Waals surface area contributed by atoms with Gasteiger partial charge in [-0.05, 0) is 30.5 Å². The van der Waals surface area contributed by atoms with Crippen LogP contribution in [0, 0.1) is 11.3 Å². The van der Waals surface area contributed by atoms with E-state index in [9.17, 15) is 14.9 Å². The summed E-state index contributed by atoms with van der Waals surface area (Å²) in [6.45, 7) is 0. The van der Waals surface area contributed by atoms with E-state index in [2.05, 4.69) is 16.3 Å². The molecule has 1 N–H and O–H groups in total. The molecule has 4 rings (SSSR count). The van der Waals surface area contributed by atoms with Gasteiger partial charge >= 0.3 is 5.97 Å². The van der Waals surface area contributed by atoms with Crippen LogP contribution in [0.5, 0.6) is 0 Å². The fraction of sp³-hybridized carbons (Fsp3) is 0.300. The minimum absolute atomic E-state index is 0.210. The predicted octanol–water partition coefficient (Wildman–Crippen LogP) is 2.79. The number of aromatic nitrogens is 3. The van der Waals surface area contributed by atoms with Gasteiger partial charge in [0.25, 0.3) is 5.56 Å². The van der Waals surface area contributed by atoms with Gasteiger partial charge in [-0.15, -0.1) is 0 Å². The van der Waals surface area contributed by atoms with Gasteiger partial charge in [0.2, 0.25) is 0 Å². The molecule has 1 aromatic rings. The van der Waals surface area contributed by atoms with Crippen molar-refractivity contribution in [3.8, 4) is 23.0 Å². The van der Waals surface area contributed by atoms with E-state index in [-0.39, 0.29) is 16.8 Å². The van der Waals surface area contributed by atoms with Gasteiger partial charge in [-0.2, -0.15) is 10.4 Å². The van der Waals surface area contributed by atoms with Crippen LogP contribution < -0.4 is 5.56 Å². The van der Waals surface area contributed by atoms with Gasteiger partial charge in [-0.3, -0.25) is 4.79 Å². The van der Waals surface area contributed by atoms with Gasteiger partial charge in [0.15, 0.2) is 0 Å². The smallest absolute Gasteiger partial charge is 0.341 e. The number of rotatable bonds is 3. The Labute approximate surface area is 155 Å². The number of hydrogen-bond acceptors (Lipinski definition) is 5. The number of carbonyl (C=O) groups is 1. The molecule has 2 heterocycles. The fourth-order valence-corrected chi connectivity index (χ4v) is 3.84. The van der Waals surface area contributed by atoms with Crippen LogP contribution >= 0.6 is 0 Å². The minimum atomic E-state index is -0.563. The first-order valence-corrected chi connectivity index (χ1v) is 8.79. The second-order valence-corrected chi connectivity index (χ2v) is 6.83. The number of pyridine rings is 1. The first-order valence-electron chi connectivity index (χ1n) is 8.79. The molecule has 7 nitrogen and oxygen atoms in total. The van der Waals surface area contributed by atoms with Gasteiger partial charge in [-0.1, -0.05) is 25.0 Å². The maximum Gasteiger partial charge on any atom is 0.341 e. The molecule has 0 bridgehead atoms. The van der Waals surface area contributed by atoms with Gasteiger partial charge in [0.1, 0.15) is 11.3 Å². The molecule has 1 fully saturated rings. The lowest BCUT2D eigenvalue weighted by molar-refractivity contribution is 0.0600. The zero-order valence-corrected chi connectivity index (χ0v) is 14.9. The van der Waals surface area contributed by atoms with Gasteiger partial charge < -0.3 is 9.30 Å². The van der Waals surface area contributed by atoms with Crippen molar-refractivity contribution >= 4 is 5.97 Å². The summed E-state index contributed by atoms with van der Waals surface area (Å²) in [4.78, 5) is 24.1. The molecule has 136 valence electrons. The number of nitrogens with one attached hydrogen (secondary N) is 1. The summed E-state index contributed by atoms with van der Waals surface area (Å²) in [5, 5.41) is 15.9. The van der Waals surface area contributed by atoms with Crippen LogP contribution in [-0.2, 0) is 10.2 Å². The van der Waals surface area contributed by atoms with Crippen molar-refractivity contribution in [2.45, 2.75) is 31.1 Å². The van der Waals surface area contributed by atoms with Crippen LogP contribution in [-0.4, -0.2) is 27.8 Å². The van der Waals surface area contributed by atoms with E-state index in [0.717, 1.165) is 36.9 Å². The molecule has 0 atom stereocenters. The van der Waals surface area contributed by atoms with Gasteiger partial charge in [0, 0.05) is 18.1 Å². The lowest BCUT2D eigenvalue weighted by atomic mass is 9.80. The average molecular weight is 362 g/mol. The number of fused-ring (bicyclic) bond motifs is 1. The van der Waals surface area contributed by atoms with Gasteiger partial charge in [0.05, 0.1) is 24.2 Å². The molecule has 1 saturated carbocycles. The van der Waals surface area contributed by atoms with Crippen molar-refractivity contribution in [2.75, 3.05) is 7.11 Å². The largest absolute Gasteiger partial charge is 0.465 e. The Bertz CT molecular complexity index is 1070. The van der Waals surface area contributed by atoms with Crippen LogP contribution in [0.2, 0.25) is 0 Å². The number of ether oxygens (including phenoxy) is 1. The third-order valence-corrected chi connectivity index (χ3v) is 5.35. The molecule has 27 heavy (non-hydrogen) atoms. The van der Waals surface area contributed by atoms with E-state index in [0.29, 0.717) is 5.56 Å². The van der Waals surface area contributed by atoms with E-state index in [1.54, 1.807) is 17.0 Å². The highest BCUT2D eigenvalue weighted by Gasteiger charge is 2.35. The lowest BCUT2D eigenvalue weighted by Gasteiger charge is -2.21. The van der Waals surface area contributed by atoms with Crippen molar-refractivity contribution in [1.82, 2.24) is 14.8 Å². The molecular formula is C20H18N4O3. The summed E-state index contributed by atoms with van der Waals surface area (Å²) >= 11 is 0. The number of carbonyl (C=O) groups excluding carboxylic acids is 1. The normalized spacial score (nSPS) is 15.6. The number of esters is 1. The summed E-state index contributed by atoms with van der Waals surface area (Å²) in [5.74, 6) is -0.563. The third-order valence-electron chi connectivity index (χ3n) is 5.35. The van der Waals surface area contributed by atoms with Crippen molar-refractivity contribution < 1.29 is 9.53 Å². The maximum absolute atomic E-state index is 12.1. The summed E-state index contributed by atoms with van der Waals surface area (Å²) in [6, 6.07) is 10.2. The van der Waals surface area contributed by atoms with E-state index in [1.165, 1.54) is 7.11 Å². The Morgan fingerprint density at radius 3 is 2.59 bits per heavy atom. The average Bonchev–Trinajstić information content (AvgIpc) is 3.35. The second kappa shape index (κ2) is 6.40. The van der Waals surface area contributed by atoms with Crippen LogP contribution in [0.1, 0.15) is 41.6 Å². The number of methoxy groups -OCH3 is 1. The summed E-state index contributed by atoms with van der Waals surface area (Å²) in [7, 11) is 1.29. The van der Waals surface area contributed by atoms with Crippen molar-refractivity contribution in [2.24, 2.45) is 0 Å². The molecule has 0 radical (unpaired) electrons. The number of nitrogens with zero attached hydrogens (tertiary/aromatic N) is 3. The lowest BCUT2D eigenvalue weighted by Crippen LogP contribution is -2.19. The highest BCUT2D eigenvalue weighted by molar-refractivity contribution is 5.96. The molecule has 7 heteroatoms. The summed E-state index contributed by atoms with van der Waals surface area (Å²) in [6.07, 6.45) is 7.12. The van der Waals surface area contributed by atoms with E-state index < -0.39 is 11.4 Å². The zero-order chi connectivity index (χ0) is 19.0. The van der Waals surface area contributed by atoms with Gasteiger partial charge in [-0.25, -0.2) is 9.89 Å². The quantitative estimate of drug-likeness (QED) is 0.722. The molecule has 0 amide bonds. The molecule has 0 saturated heterocycles. The predicted molar refractivity (Wildman–Crippen MR) is 97.9 cm³/mol. The SMILES string of the molecule is COC(=O)c1cn(-c2ccc(C3(C#N)CCCC3)cc2)cc2c(=O)[nH]nc1-2. The Kier molecular flexibility index (Phi) is 4.04. The van der Waals surface area contributed by atoms with Crippen LogP contribution in [0.25, 0.3) is 16.9 Å². The molecule has 1 aromatic carbocycles. The molecule has 0 aromatic heterocycles. The Morgan fingerprint density at radius 2 is 1.96 bits per heavy atom. The molecule has 3 aliphatic rings. The third kappa shape index (κ3) is 2.70. The monoisotopic (exact) mass is 362 g/mol. The number of nitriles is 1. The second-order valence-electron chi connectivity index (χ2n) is 6.83. The maximum atomic E-state index is 12.1. The topological polar surface area (TPSA) is 101 Å². The van der Waals surface area contributed by atoms with Crippen LogP contribution in [0.3, 0.4) is 0 Å². The van der Waals surface area contributed by atoms with Crippen molar-refractivity contribution in [3.63, 3.8) is 0 Å². The van der Waals surface area contributed by atoms with Crippen molar-refractivity contribution in [3.05, 3.63) is 58.1 Å². The zero-order valence-electron chi connectivity index (χ0n) is 14.9. The Morgan fingerprint density at radius 1 is 1.26 bits per heavy atom. The first kappa shape index (κ1) is 17.0. The Balaban J connectivity index is 1.80. The highest BCUT2D eigenvalue weighted by atomic mass is 16.5. The van der Waals surface area contributed by atoms with E-state index >= 15 is 0 Å². The van der Waals surface area contributed by atoms with E-state index in [4.69, 9.17) is 4.74 Å². The summed E-state index contributed by atoms with van der Waals surface area (Å²) in [5.41, 5.74) is 1.82. The van der Waals surface area contributed by atoms with Crippen LogP contribution in [0.15, 0.2) is 41.5 Å². The molecule has 1 aliphatic carbocycles. The Hall–Kier alpha value is -3.40. The first-order chi connectivity index (χ1) is 13.1. The highest BCUT2D eigenvalue weighted by Crippen LogP contribution is 2.40. The van der Waals surface area contributed by atoms with E-state index in [1.807, 2.05) is 24.3 Å². The fourth-order valence-electron chi connectivity index (χ4n) is 3.84. The number of aromatic amines is 1.